The minimum absolute atomic E-state index is 0.00241. The number of ether oxygens (including phenoxy) is 5. The van der Waals surface area contributed by atoms with E-state index >= 15 is 0 Å². The fraction of sp³-hybridized carbons (Fsp3) is 0.920. The van der Waals surface area contributed by atoms with Gasteiger partial charge < -0.3 is 23.7 Å². The van der Waals surface area contributed by atoms with Crippen LogP contribution in [-0.4, -0.2) is 47.9 Å². The summed E-state index contributed by atoms with van der Waals surface area (Å²) in [7, 11) is 0. The van der Waals surface area contributed by atoms with Crippen LogP contribution in [-0.2, 0) is 28.5 Å². The van der Waals surface area contributed by atoms with Crippen molar-refractivity contribution in [1.29, 1.82) is 0 Å². The zero-order chi connectivity index (χ0) is 22.0. The number of hydrogen-bond acceptors (Lipinski definition) is 7. The Morgan fingerprint density at radius 2 is 1.12 bits per heavy atom. The molecule has 2 atom stereocenters. The molecule has 0 radical (unpaired) electrons. The summed E-state index contributed by atoms with van der Waals surface area (Å²) in [5, 5.41) is 0. The molecule has 2 unspecified atom stereocenters. The van der Waals surface area contributed by atoms with Crippen molar-refractivity contribution in [3.05, 3.63) is 0 Å². The molecule has 32 heavy (non-hydrogen) atoms. The van der Waals surface area contributed by atoms with E-state index in [2.05, 4.69) is 0 Å². The lowest BCUT2D eigenvalue weighted by Crippen LogP contribution is -2.63. The normalized spacial score (nSPS) is 34.2. The Kier molecular flexibility index (Phi) is 6.66. The maximum atomic E-state index is 13.6. The molecule has 0 aromatic heterocycles. The number of hydrogen-bond donors (Lipinski definition) is 0. The molecule has 5 saturated carbocycles. The van der Waals surface area contributed by atoms with Gasteiger partial charge in [-0.1, -0.05) is 32.1 Å². The minimum Gasteiger partial charge on any atom is -0.459 e. The molecule has 0 heterocycles. The Balaban J connectivity index is 1.44. The summed E-state index contributed by atoms with van der Waals surface area (Å²) in [6.07, 6.45) is 14.4. The molecule has 5 aliphatic carbocycles. The van der Waals surface area contributed by atoms with Crippen LogP contribution in [0.2, 0.25) is 0 Å². The van der Waals surface area contributed by atoms with E-state index in [-0.39, 0.29) is 24.4 Å². The first-order chi connectivity index (χ1) is 15.6. The van der Waals surface area contributed by atoms with Crippen LogP contribution >= 0.6 is 0 Å². The molecule has 5 rings (SSSR count). The van der Waals surface area contributed by atoms with Gasteiger partial charge in [-0.25, -0.2) is 9.59 Å². The van der Waals surface area contributed by atoms with E-state index in [1.54, 1.807) is 0 Å². The van der Waals surface area contributed by atoms with E-state index in [9.17, 15) is 9.59 Å². The zero-order valence-corrected chi connectivity index (χ0v) is 19.2. The van der Waals surface area contributed by atoms with E-state index in [0.717, 1.165) is 83.5 Å². The monoisotopic (exact) mass is 450 g/mol. The van der Waals surface area contributed by atoms with Crippen molar-refractivity contribution in [3.8, 4) is 0 Å². The Labute approximate surface area is 190 Å². The molecular weight excluding hydrogens is 412 g/mol. The maximum absolute atomic E-state index is 13.6. The first kappa shape index (κ1) is 22.5. The molecule has 0 bridgehead atoms. The third-order valence-corrected chi connectivity index (χ3v) is 7.92. The summed E-state index contributed by atoms with van der Waals surface area (Å²) in [6.45, 7) is 0. The summed E-state index contributed by atoms with van der Waals surface area (Å²) in [6, 6.07) is 0. The Morgan fingerprint density at radius 1 is 0.562 bits per heavy atom. The SMILES string of the molecule is O=C(OC1CCC1)OC1(C(=O)OC2CC2)CCCC1(OC1CCCCC1)OC1CCCC1. The molecule has 5 aliphatic rings. The maximum Gasteiger partial charge on any atom is 0.509 e. The summed E-state index contributed by atoms with van der Waals surface area (Å²) in [5.74, 6) is -1.81. The summed E-state index contributed by atoms with van der Waals surface area (Å²) in [4.78, 5) is 26.5. The van der Waals surface area contributed by atoms with Gasteiger partial charge in [0.2, 0.25) is 5.79 Å². The van der Waals surface area contributed by atoms with Gasteiger partial charge >= 0.3 is 12.1 Å². The van der Waals surface area contributed by atoms with Crippen molar-refractivity contribution in [3.63, 3.8) is 0 Å². The molecule has 180 valence electrons. The third kappa shape index (κ3) is 4.65. The predicted molar refractivity (Wildman–Crippen MR) is 115 cm³/mol. The van der Waals surface area contributed by atoms with Crippen LogP contribution in [0.25, 0.3) is 0 Å². The lowest BCUT2D eigenvalue weighted by atomic mass is 9.92. The van der Waals surface area contributed by atoms with Gasteiger partial charge in [0.05, 0.1) is 12.2 Å². The molecule has 0 amide bonds. The quantitative estimate of drug-likeness (QED) is 0.365. The minimum atomic E-state index is -1.60. The second-order valence-electron chi connectivity index (χ2n) is 10.5. The van der Waals surface area contributed by atoms with Crippen LogP contribution in [0.3, 0.4) is 0 Å². The number of rotatable bonds is 8. The zero-order valence-electron chi connectivity index (χ0n) is 19.2. The fourth-order valence-electron chi connectivity index (χ4n) is 5.68. The number of carbonyl (C=O) groups excluding carboxylic acids is 2. The van der Waals surface area contributed by atoms with E-state index in [1.807, 2.05) is 0 Å². The average molecular weight is 451 g/mol. The van der Waals surface area contributed by atoms with E-state index in [1.165, 1.54) is 6.42 Å². The second-order valence-corrected chi connectivity index (χ2v) is 10.5. The highest BCUT2D eigenvalue weighted by molar-refractivity contribution is 5.84. The Morgan fingerprint density at radius 3 is 1.69 bits per heavy atom. The van der Waals surface area contributed by atoms with Crippen molar-refractivity contribution >= 4 is 12.1 Å². The van der Waals surface area contributed by atoms with Crippen LogP contribution in [0.15, 0.2) is 0 Å². The second kappa shape index (κ2) is 9.49. The van der Waals surface area contributed by atoms with Crippen LogP contribution in [0.1, 0.15) is 109 Å². The van der Waals surface area contributed by atoms with Crippen molar-refractivity contribution in [2.24, 2.45) is 0 Å². The molecule has 7 nitrogen and oxygen atoms in total. The largest absolute Gasteiger partial charge is 0.509 e. The van der Waals surface area contributed by atoms with Gasteiger partial charge in [0.15, 0.2) is 0 Å². The fourth-order valence-corrected chi connectivity index (χ4v) is 5.68. The van der Waals surface area contributed by atoms with Gasteiger partial charge in [0, 0.05) is 12.8 Å². The molecule has 0 N–H and O–H groups in total. The standard InChI is InChI=1S/C25H38O7/c26-22(28-19-14-15-19)24(32-23(27)29-18-12-6-13-18)16-7-17-25(24,31-21-10-4-5-11-21)30-20-8-2-1-3-9-20/h18-21H,1-17H2. The van der Waals surface area contributed by atoms with E-state index < -0.39 is 23.5 Å². The molecule has 0 saturated heterocycles. The van der Waals surface area contributed by atoms with Crippen LogP contribution in [0, 0.1) is 0 Å². The highest BCUT2D eigenvalue weighted by Crippen LogP contribution is 2.51. The summed E-state index contributed by atoms with van der Waals surface area (Å²) < 4.78 is 30.7. The van der Waals surface area contributed by atoms with E-state index in [0.29, 0.717) is 19.3 Å². The van der Waals surface area contributed by atoms with E-state index in [4.69, 9.17) is 23.7 Å². The molecule has 0 aromatic carbocycles. The molecular formula is C25H38O7. The summed E-state index contributed by atoms with van der Waals surface area (Å²) in [5.41, 5.74) is -1.60. The van der Waals surface area contributed by atoms with Gasteiger partial charge in [-0.3, -0.25) is 0 Å². The average Bonchev–Trinajstić information content (AvgIpc) is 3.29. The molecule has 0 aromatic rings. The van der Waals surface area contributed by atoms with Crippen molar-refractivity contribution in [2.45, 2.75) is 145 Å². The van der Waals surface area contributed by atoms with Crippen molar-refractivity contribution in [2.75, 3.05) is 0 Å². The van der Waals surface area contributed by atoms with Gasteiger partial charge in [-0.05, 0) is 64.2 Å². The van der Waals surface area contributed by atoms with Crippen LogP contribution in [0.5, 0.6) is 0 Å². The first-order valence-corrected chi connectivity index (χ1v) is 13.0. The molecule has 7 heteroatoms. The smallest absolute Gasteiger partial charge is 0.459 e. The molecule has 5 fully saturated rings. The lowest BCUT2D eigenvalue weighted by molar-refractivity contribution is -0.336. The number of esters is 1. The number of carbonyl (C=O) groups is 2. The Bertz CT molecular complexity index is 676. The van der Waals surface area contributed by atoms with Crippen molar-refractivity contribution < 1.29 is 33.3 Å². The molecule has 0 spiro atoms. The topological polar surface area (TPSA) is 80.3 Å². The highest BCUT2D eigenvalue weighted by atomic mass is 16.8. The summed E-state index contributed by atoms with van der Waals surface area (Å²) >= 11 is 0. The van der Waals surface area contributed by atoms with Gasteiger partial charge in [0.1, 0.15) is 12.2 Å². The predicted octanol–water partition coefficient (Wildman–Crippen LogP) is 5.33. The Hall–Kier alpha value is -1.34. The molecule has 0 aliphatic heterocycles. The van der Waals surface area contributed by atoms with Gasteiger partial charge in [-0.15, -0.1) is 0 Å². The first-order valence-electron chi connectivity index (χ1n) is 13.0. The highest BCUT2D eigenvalue weighted by Gasteiger charge is 2.68. The van der Waals surface area contributed by atoms with Gasteiger partial charge in [-0.2, -0.15) is 0 Å². The van der Waals surface area contributed by atoms with Gasteiger partial charge in [0.25, 0.3) is 5.60 Å². The van der Waals surface area contributed by atoms with Crippen molar-refractivity contribution in [1.82, 2.24) is 0 Å². The van der Waals surface area contributed by atoms with Crippen LogP contribution in [0.4, 0.5) is 4.79 Å². The van der Waals surface area contributed by atoms with Crippen LogP contribution < -0.4 is 0 Å². The lowest BCUT2D eigenvalue weighted by Gasteiger charge is -2.45. The third-order valence-electron chi connectivity index (χ3n) is 7.92.